The third-order valence-electron chi connectivity index (χ3n) is 6.48. The van der Waals surface area contributed by atoms with Crippen molar-refractivity contribution in [1.29, 1.82) is 0 Å². The maximum absolute atomic E-state index is 13.7. The molecule has 1 fully saturated rings. The molecule has 0 saturated carbocycles. The highest BCUT2D eigenvalue weighted by molar-refractivity contribution is 5.99. The molecule has 0 bridgehead atoms. The summed E-state index contributed by atoms with van der Waals surface area (Å²) in [4.78, 5) is 31.4. The van der Waals surface area contributed by atoms with Crippen molar-refractivity contribution >= 4 is 16.9 Å². The zero-order valence-electron chi connectivity index (χ0n) is 20.3. The second-order valence-corrected chi connectivity index (χ2v) is 9.13. The first-order valence-corrected chi connectivity index (χ1v) is 12.0. The molecule has 2 aromatic carbocycles. The van der Waals surface area contributed by atoms with Crippen molar-refractivity contribution in [3.63, 3.8) is 0 Å². The Bertz CT molecular complexity index is 1290. The number of morpholine rings is 1. The van der Waals surface area contributed by atoms with E-state index in [0.717, 1.165) is 18.7 Å². The van der Waals surface area contributed by atoms with Gasteiger partial charge in [-0.2, -0.15) is 0 Å². The lowest BCUT2D eigenvalue weighted by Gasteiger charge is -2.31. The minimum Gasteiger partial charge on any atom is -0.497 e. The van der Waals surface area contributed by atoms with Gasteiger partial charge in [0.25, 0.3) is 5.91 Å². The number of benzene rings is 2. The van der Waals surface area contributed by atoms with E-state index >= 15 is 0 Å². The summed E-state index contributed by atoms with van der Waals surface area (Å²) >= 11 is 0. The van der Waals surface area contributed by atoms with Crippen molar-refractivity contribution in [3.05, 3.63) is 69.6 Å². The van der Waals surface area contributed by atoms with Gasteiger partial charge in [0.1, 0.15) is 17.1 Å². The molecule has 0 spiro atoms. The average molecular weight is 479 g/mol. The SMILES string of the molecule is COc1ccc2c(=O)c3c(oc2c1)C(=O)N(CCN1CCOCC1)[C@@H]3c1cccc(OC(C)C)c1. The van der Waals surface area contributed by atoms with Crippen LogP contribution in [0, 0.1) is 0 Å². The molecule has 1 amide bonds. The summed E-state index contributed by atoms with van der Waals surface area (Å²) in [6, 6.07) is 12.1. The van der Waals surface area contributed by atoms with Crippen LogP contribution in [-0.4, -0.2) is 68.3 Å². The number of carbonyl (C=O) groups excluding carboxylic acids is 1. The Balaban J connectivity index is 1.60. The van der Waals surface area contributed by atoms with Gasteiger partial charge in [-0.05, 0) is 43.7 Å². The van der Waals surface area contributed by atoms with Crippen LogP contribution < -0.4 is 14.9 Å². The fourth-order valence-electron chi connectivity index (χ4n) is 4.81. The number of ether oxygens (including phenoxy) is 3. The molecule has 8 nitrogen and oxygen atoms in total. The summed E-state index contributed by atoms with van der Waals surface area (Å²) in [5, 5.41) is 0.423. The van der Waals surface area contributed by atoms with Gasteiger partial charge >= 0.3 is 0 Å². The standard InChI is InChI=1S/C27H30N2O6/c1-17(2)34-20-6-4-5-18(15-20)24-23-25(30)21-8-7-19(32-3)16-22(21)35-26(23)27(31)29(24)10-9-28-11-13-33-14-12-28/h4-8,15-17,24H,9-14H2,1-3H3/t24-/m1/s1. The van der Waals surface area contributed by atoms with Gasteiger partial charge in [0.2, 0.25) is 5.76 Å². The van der Waals surface area contributed by atoms with E-state index in [-0.39, 0.29) is 23.2 Å². The third-order valence-corrected chi connectivity index (χ3v) is 6.48. The Labute approximate surface area is 204 Å². The Morgan fingerprint density at radius 2 is 1.83 bits per heavy atom. The Morgan fingerprint density at radius 3 is 2.57 bits per heavy atom. The predicted octanol–water partition coefficient (Wildman–Crippen LogP) is 3.47. The van der Waals surface area contributed by atoms with Crippen LogP contribution in [0.5, 0.6) is 11.5 Å². The second kappa shape index (κ2) is 9.71. The van der Waals surface area contributed by atoms with E-state index in [0.29, 0.717) is 54.3 Å². The molecule has 3 heterocycles. The average Bonchev–Trinajstić information content (AvgIpc) is 3.14. The van der Waals surface area contributed by atoms with E-state index in [2.05, 4.69) is 4.90 Å². The second-order valence-electron chi connectivity index (χ2n) is 9.13. The van der Waals surface area contributed by atoms with Crippen molar-refractivity contribution in [2.45, 2.75) is 26.0 Å². The van der Waals surface area contributed by atoms with Gasteiger partial charge < -0.3 is 23.5 Å². The summed E-state index contributed by atoms with van der Waals surface area (Å²) in [6.45, 7) is 8.07. The lowest BCUT2D eigenvalue weighted by molar-refractivity contribution is 0.0314. The van der Waals surface area contributed by atoms with Crippen molar-refractivity contribution in [3.8, 4) is 11.5 Å². The Kier molecular flexibility index (Phi) is 6.49. The minimum atomic E-state index is -0.558. The fourth-order valence-corrected chi connectivity index (χ4v) is 4.81. The van der Waals surface area contributed by atoms with Crippen LogP contribution in [0.4, 0.5) is 0 Å². The van der Waals surface area contributed by atoms with Crippen LogP contribution in [0.1, 0.15) is 41.6 Å². The summed E-state index contributed by atoms with van der Waals surface area (Å²) in [5.41, 5.74) is 1.33. The Hall–Kier alpha value is -3.36. The molecule has 184 valence electrons. The van der Waals surface area contributed by atoms with Crippen LogP contribution in [0.2, 0.25) is 0 Å². The van der Waals surface area contributed by atoms with Crippen molar-refractivity contribution in [1.82, 2.24) is 9.80 Å². The molecular weight excluding hydrogens is 448 g/mol. The molecule has 2 aliphatic heterocycles. The molecule has 1 saturated heterocycles. The molecule has 35 heavy (non-hydrogen) atoms. The smallest absolute Gasteiger partial charge is 0.290 e. The van der Waals surface area contributed by atoms with E-state index in [1.54, 1.807) is 30.2 Å². The molecular formula is C27H30N2O6. The monoisotopic (exact) mass is 478 g/mol. The number of carbonyl (C=O) groups is 1. The molecule has 3 aromatic rings. The van der Waals surface area contributed by atoms with E-state index < -0.39 is 6.04 Å². The first kappa shape index (κ1) is 23.4. The summed E-state index contributed by atoms with van der Waals surface area (Å²) in [7, 11) is 1.55. The number of hydrogen-bond acceptors (Lipinski definition) is 7. The van der Waals surface area contributed by atoms with Gasteiger partial charge in [-0.25, -0.2) is 0 Å². The number of fused-ring (bicyclic) bond motifs is 2. The van der Waals surface area contributed by atoms with E-state index in [4.69, 9.17) is 18.6 Å². The molecule has 0 unspecified atom stereocenters. The number of hydrogen-bond donors (Lipinski definition) is 0. The zero-order valence-corrected chi connectivity index (χ0v) is 20.3. The van der Waals surface area contributed by atoms with Gasteiger partial charge in [-0.3, -0.25) is 14.5 Å². The van der Waals surface area contributed by atoms with Gasteiger partial charge in [0.15, 0.2) is 5.43 Å². The van der Waals surface area contributed by atoms with Crippen molar-refractivity contribution in [2.75, 3.05) is 46.5 Å². The van der Waals surface area contributed by atoms with Crippen LogP contribution in [0.25, 0.3) is 11.0 Å². The van der Waals surface area contributed by atoms with Crippen LogP contribution in [-0.2, 0) is 4.74 Å². The largest absolute Gasteiger partial charge is 0.497 e. The molecule has 1 atom stereocenters. The van der Waals surface area contributed by atoms with Crippen molar-refractivity contribution < 1.29 is 23.4 Å². The van der Waals surface area contributed by atoms with Gasteiger partial charge in [-0.1, -0.05) is 12.1 Å². The normalized spacial score (nSPS) is 18.3. The number of amides is 1. The van der Waals surface area contributed by atoms with Crippen LogP contribution in [0.3, 0.4) is 0 Å². The first-order valence-electron chi connectivity index (χ1n) is 12.0. The molecule has 2 aliphatic rings. The number of nitrogens with zero attached hydrogens (tertiary/aromatic N) is 2. The summed E-state index contributed by atoms with van der Waals surface area (Å²) < 4.78 is 22.7. The molecule has 1 aromatic heterocycles. The van der Waals surface area contributed by atoms with E-state index in [1.165, 1.54) is 0 Å². The maximum Gasteiger partial charge on any atom is 0.290 e. The summed E-state index contributed by atoms with van der Waals surface area (Å²) in [5.74, 6) is 1.07. The quantitative estimate of drug-likeness (QED) is 0.514. The molecule has 0 aliphatic carbocycles. The summed E-state index contributed by atoms with van der Waals surface area (Å²) in [6.07, 6.45) is 0.00385. The lowest BCUT2D eigenvalue weighted by atomic mass is 9.98. The first-order chi connectivity index (χ1) is 17.0. The van der Waals surface area contributed by atoms with E-state index in [1.807, 2.05) is 38.1 Å². The number of rotatable bonds is 7. The fraction of sp³-hybridized carbons (Fsp3) is 0.407. The number of methoxy groups -OCH3 is 1. The zero-order chi connectivity index (χ0) is 24.5. The van der Waals surface area contributed by atoms with Crippen molar-refractivity contribution in [2.24, 2.45) is 0 Å². The van der Waals surface area contributed by atoms with Crippen LogP contribution in [0.15, 0.2) is 51.7 Å². The topological polar surface area (TPSA) is 81.5 Å². The van der Waals surface area contributed by atoms with Gasteiger partial charge in [-0.15, -0.1) is 0 Å². The molecule has 8 heteroatoms. The lowest BCUT2D eigenvalue weighted by Crippen LogP contribution is -2.42. The Morgan fingerprint density at radius 1 is 1.03 bits per heavy atom. The maximum atomic E-state index is 13.7. The predicted molar refractivity (Wildman–Crippen MR) is 131 cm³/mol. The molecule has 0 radical (unpaired) electrons. The molecule has 5 rings (SSSR count). The molecule has 0 N–H and O–H groups in total. The highest BCUT2D eigenvalue weighted by Crippen LogP contribution is 2.39. The highest BCUT2D eigenvalue weighted by atomic mass is 16.5. The van der Waals surface area contributed by atoms with Gasteiger partial charge in [0.05, 0.1) is 43.4 Å². The van der Waals surface area contributed by atoms with E-state index in [9.17, 15) is 9.59 Å². The highest BCUT2D eigenvalue weighted by Gasteiger charge is 2.42. The minimum absolute atomic E-state index is 0.00385. The van der Waals surface area contributed by atoms with Crippen LogP contribution >= 0.6 is 0 Å². The van der Waals surface area contributed by atoms with Gasteiger partial charge in [0, 0.05) is 32.2 Å². The third kappa shape index (κ3) is 4.51.